The van der Waals surface area contributed by atoms with Gasteiger partial charge < -0.3 is 0 Å². The molecule has 12 heteroatoms. The molecule has 0 aromatic heterocycles. The minimum atomic E-state index is -5.87. The highest BCUT2D eigenvalue weighted by molar-refractivity contribution is 6.47. The lowest BCUT2D eigenvalue weighted by molar-refractivity contribution is -0.292. The Morgan fingerprint density at radius 3 is 1.85 bits per heavy atom. The second kappa shape index (κ2) is 6.42. The Morgan fingerprint density at radius 1 is 0.815 bits per heavy atom. The van der Waals surface area contributed by atoms with Gasteiger partial charge in [-0.3, -0.25) is 4.90 Å². The third-order valence-corrected chi connectivity index (χ3v) is 4.35. The van der Waals surface area contributed by atoms with Crippen molar-refractivity contribution < 1.29 is 26.3 Å². The molecule has 0 saturated carbocycles. The molecule has 0 unspecified atom stereocenters. The number of halogens is 9. The average Bonchev–Trinajstić information content (AvgIpc) is 2.52. The van der Waals surface area contributed by atoms with Crippen LogP contribution in [-0.2, 0) is 0 Å². The quantitative estimate of drug-likeness (QED) is 0.496. The van der Waals surface area contributed by atoms with Gasteiger partial charge in [0.25, 0.3) is 0 Å². The summed E-state index contributed by atoms with van der Waals surface area (Å²) in [6.07, 6.45) is -9.69. The van der Waals surface area contributed by atoms with E-state index in [1.807, 2.05) is 0 Å². The summed E-state index contributed by atoms with van der Waals surface area (Å²) in [4.78, 5) is 6.71. The summed E-state index contributed by atoms with van der Waals surface area (Å²) in [5.74, 6) is -1.47. The maximum atomic E-state index is 13.5. The number of rotatable bonds is 1. The molecule has 0 saturated heterocycles. The number of hydrogen-bond donors (Lipinski definition) is 0. The topological polar surface area (TPSA) is 28.0 Å². The van der Waals surface area contributed by atoms with Crippen LogP contribution in [-0.4, -0.2) is 34.6 Å². The van der Waals surface area contributed by atoms with Gasteiger partial charge in [0.1, 0.15) is 5.84 Å². The molecule has 0 aliphatic carbocycles. The molecule has 144 valence electrons. The first-order valence-corrected chi connectivity index (χ1v) is 8.12. The second-order valence-corrected chi connectivity index (χ2v) is 6.70. The SMILES string of the molecule is FC(F)(F)C1(C(F)(F)F)N=C2C(Cl)=CC(Cl)=CN2C(c2ccc(Cl)cc2)=N1. The van der Waals surface area contributed by atoms with Crippen LogP contribution in [0.2, 0.25) is 5.02 Å². The molecule has 0 atom stereocenters. The van der Waals surface area contributed by atoms with Gasteiger partial charge in [0.05, 0.1) is 10.1 Å². The molecule has 27 heavy (non-hydrogen) atoms. The number of aliphatic imine (C=N–C) groups is 2. The Bertz CT molecular complexity index is 883. The summed E-state index contributed by atoms with van der Waals surface area (Å²) < 4.78 is 81.2. The van der Waals surface area contributed by atoms with Crippen LogP contribution >= 0.6 is 34.8 Å². The van der Waals surface area contributed by atoms with Crippen molar-refractivity contribution in [2.45, 2.75) is 18.0 Å². The summed E-state index contributed by atoms with van der Waals surface area (Å²) in [6.45, 7) is 0. The zero-order valence-electron chi connectivity index (χ0n) is 12.7. The maximum absolute atomic E-state index is 13.5. The van der Waals surface area contributed by atoms with Gasteiger partial charge in [0.15, 0.2) is 5.84 Å². The largest absolute Gasteiger partial charge is 0.443 e. The van der Waals surface area contributed by atoms with Gasteiger partial charge in [-0.05, 0) is 30.3 Å². The van der Waals surface area contributed by atoms with E-state index in [0.717, 1.165) is 17.2 Å². The van der Waals surface area contributed by atoms with Crippen LogP contribution < -0.4 is 0 Å². The van der Waals surface area contributed by atoms with Crippen LogP contribution in [0, 0.1) is 0 Å². The molecule has 0 spiro atoms. The Balaban J connectivity index is 2.33. The van der Waals surface area contributed by atoms with Gasteiger partial charge in [-0.25, -0.2) is 9.98 Å². The van der Waals surface area contributed by atoms with Gasteiger partial charge in [-0.15, -0.1) is 0 Å². The van der Waals surface area contributed by atoms with Gasteiger partial charge in [-0.2, -0.15) is 26.3 Å². The maximum Gasteiger partial charge on any atom is 0.443 e. The molecule has 0 bridgehead atoms. The van der Waals surface area contributed by atoms with Crippen molar-refractivity contribution >= 4 is 46.5 Å². The van der Waals surface area contributed by atoms with Crippen LogP contribution in [0.3, 0.4) is 0 Å². The molecule has 1 aromatic rings. The first-order chi connectivity index (χ1) is 12.4. The molecular weight excluding hydrogens is 443 g/mol. The minimum Gasteiger partial charge on any atom is -0.283 e. The number of amidine groups is 2. The first kappa shape index (κ1) is 20.0. The van der Waals surface area contributed by atoms with Crippen molar-refractivity contribution in [2.75, 3.05) is 0 Å². The number of nitrogens with zero attached hydrogens (tertiary/aromatic N) is 3. The molecule has 3 rings (SSSR count). The number of benzene rings is 1. The van der Waals surface area contributed by atoms with Crippen LogP contribution in [0.5, 0.6) is 0 Å². The molecule has 3 nitrogen and oxygen atoms in total. The Kier molecular flexibility index (Phi) is 4.77. The van der Waals surface area contributed by atoms with Crippen LogP contribution in [0.1, 0.15) is 5.56 Å². The fourth-order valence-corrected chi connectivity index (χ4v) is 3.03. The summed E-state index contributed by atoms with van der Waals surface area (Å²) in [6, 6.07) is 5.02. The highest BCUT2D eigenvalue weighted by Gasteiger charge is 2.74. The average molecular weight is 449 g/mol. The van der Waals surface area contributed by atoms with E-state index < -0.39 is 34.7 Å². The zero-order chi connectivity index (χ0) is 20.2. The molecule has 2 aliphatic heterocycles. The van der Waals surface area contributed by atoms with Crippen LogP contribution in [0.4, 0.5) is 26.3 Å². The third kappa shape index (κ3) is 3.32. The molecule has 0 amide bonds. The number of fused-ring (bicyclic) bond motifs is 1. The highest BCUT2D eigenvalue weighted by atomic mass is 35.5. The molecule has 0 N–H and O–H groups in total. The van der Waals surface area contributed by atoms with E-state index in [4.69, 9.17) is 34.8 Å². The van der Waals surface area contributed by atoms with Crippen molar-refractivity contribution in [1.29, 1.82) is 0 Å². The first-order valence-electron chi connectivity index (χ1n) is 6.99. The van der Waals surface area contributed by atoms with Crippen molar-refractivity contribution in [1.82, 2.24) is 4.90 Å². The number of alkyl halides is 6. The lowest BCUT2D eigenvalue weighted by Crippen LogP contribution is -2.59. The van der Waals surface area contributed by atoms with Crippen LogP contribution in [0.15, 0.2) is 56.6 Å². The van der Waals surface area contributed by atoms with E-state index >= 15 is 0 Å². The third-order valence-electron chi connectivity index (χ3n) is 3.62. The predicted octanol–water partition coefficient (Wildman–Crippen LogP) is 5.84. The summed E-state index contributed by atoms with van der Waals surface area (Å²) in [5, 5.41) is -0.305. The fourth-order valence-electron chi connectivity index (χ4n) is 2.39. The normalized spacial score (nSPS) is 19.7. The molecule has 2 heterocycles. The lowest BCUT2D eigenvalue weighted by Gasteiger charge is -2.39. The van der Waals surface area contributed by atoms with Crippen molar-refractivity contribution in [3.63, 3.8) is 0 Å². The summed E-state index contributed by atoms with van der Waals surface area (Å²) in [7, 11) is 0. The summed E-state index contributed by atoms with van der Waals surface area (Å²) >= 11 is 17.4. The Morgan fingerprint density at radius 2 is 1.33 bits per heavy atom. The highest BCUT2D eigenvalue weighted by Crippen LogP contribution is 2.50. The fraction of sp³-hybridized carbons (Fsp3) is 0.200. The molecule has 1 aromatic carbocycles. The van der Waals surface area contributed by atoms with E-state index in [9.17, 15) is 26.3 Å². The van der Waals surface area contributed by atoms with Gasteiger partial charge in [0, 0.05) is 16.8 Å². The van der Waals surface area contributed by atoms with E-state index in [-0.39, 0.29) is 15.6 Å². The molecular formula is C15H6Cl3F6N3. The smallest absolute Gasteiger partial charge is 0.283 e. The Hall–Kier alpha value is -1.71. The predicted molar refractivity (Wildman–Crippen MR) is 90.0 cm³/mol. The van der Waals surface area contributed by atoms with Crippen molar-refractivity contribution in [3.8, 4) is 0 Å². The summed E-state index contributed by atoms with van der Waals surface area (Å²) in [5.41, 5.74) is -4.79. The van der Waals surface area contributed by atoms with Gasteiger partial charge in [0.2, 0.25) is 0 Å². The van der Waals surface area contributed by atoms with E-state index in [2.05, 4.69) is 9.98 Å². The van der Waals surface area contributed by atoms with Gasteiger partial charge >= 0.3 is 18.0 Å². The van der Waals surface area contributed by atoms with Crippen molar-refractivity contribution in [3.05, 3.63) is 57.2 Å². The van der Waals surface area contributed by atoms with Crippen LogP contribution in [0.25, 0.3) is 0 Å². The standard InChI is InChI=1S/C15H6Cl3F6N3/c16-8-3-1-7(2-4-8)11-25-13(14(19,20)21,15(22,23)24)26-12-10(18)5-9(17)6-27(11)12/h1-6H. The number of allylic oxidation sites excluding steroid dienone is 2. The molecule has 2 aliphatic rings. The minimum absolute atomic E-state index is 0.0351. The molecule has 0 fully saturated rings. The van der Waals surface area contributed by atoms with Gasteiger partial charge in [-0.1, -0.05) is 34.8 Å². The lowest BCUT2D eigenvalue weighted by atomic mass is 10.1. The van der Waals surface area contributed by atoms with E-state index in [1.54, 1.807) is 0 Å². The van der Waals surface area contributed by atoms with E-state index in [1.165, 1.54) is 24.3 Å². The monoisotopic (exact) mass is 447 g/mol. The molecule has 0 radical (unpaired) electrons. The second-order valence-electron chi connectivity index (χ2n) is 5.42. The van der Waals surface area contributed by atoms with E-state index in [0.29, 0.717) is 0 Å². The number of hydrogen-bond acceptors (Lipinski definition) is 3. The zero-order valence-corrected chi connectivity index (χ0v) is 15.0. The Labute approximate surface area is 163 Å². The van der Waals surface area contributed by atoms with Crippen molar-refractivity contribution in [2.24, 2.45) is 9.98 Å².